The molecule has 0 heterocycles. The maximum atomic E-state index is 9.50. The Labute approximate surface area is 109 Å². The monoisotopic (exact) mass is 250 g/mol. The van der Waals surface area contributed by atoms with E-state index in [4.69, 9.17) is 9.47 Å². The second kappa shape index (κ2) is 4.90. The van der Waals surface area contributed by atoms with E-state index in [-0.39, 0.29) is 17.6 Å². The van der Waals surface area contributed by atoms with Crippen molar-refractivity contribution in [3.63, 3.8) is 0 Å². The van der Waals surface area contributed by atoms with Gasteiger partial charge in [-0.2, -0.15) is 0 Å². The quantitative estimate of drug-likeness (QED) is 0.896. The molecule has 100 valence electrons. The highest BCUT2D eigenvalue weighted by Gasteiger charge is 2.42. The Hall–Kier alpha value is -1.06. The summed E-state index contributed by atoms with van der Waals surface area (Å²) >= 11 is 0. The number of ether oxygens (including phenoxy) is 2. The fraction of sp³-hybridized carbons (Fsp3) is 0.600. The van der Waals surface area contributed by atoms with Crippen molar-refractivity contribution in [2.75, 3.05) is 7.11 Å². The van der Waals surface area contributed by atoms with Gasteiger partial charge in [0.25, 0.3) is 0 Å². The Morgan fingerprint density at radius 3 is 2.22 bits per heavy atom. The average Bonchev–Trinajstić information content (AvgIpc) is 2.28. The molecule has 0 amide bonds. The van der Waals surface area contributed by atoms with Crippen LogP contribution in [0.1, 0.15) is 32.8 Å². The van der Waals surface area contributed by atoms with E-state index in [0.717, 1.165) is 5.75 Å². The fourth-order valence-electron chi connectivity index (χ4n) is 2.19. The maximum absolute atomic E-state index is 9.50. The molecule has 1 aliphatic carbocycles. The summed E-state index contributed by atoms with van der Waals surface area (Å²) < 4.78 is 11.0. The van der Waals surface area contributed by atoms with Crippen LogP contribution >= 0.6 is 0 Å². The highest BCUT2D eigenvalue weighted by atomic mass is 16.6. The molecule has 0 bridgehead atoms. The van der Waals surface area contributed by atoms with E-state index in [1.807, 2.05) is 12.1 Å². The summed E-state index contributed by atoms with van der Waals surface area (Å²) in [6.45, 7) is 6.56. The lowest BCUT2D eigenvalue weighted by atomic mass is 9.87. The van der Waals surface area contributed by atoms with Crippen LogP contribution in [0.5, 0.6) is 5.75 Å². The minimum atomic E-state index is -0.395. The SMILES string of the molecule is COC1C(O)CC1Oc1ccc(C(C)(C)C)cc1. The Bertz CT molecular complexity index is 391. The molecule has 3 unspecified atom stereocenters. The van der Waals surface area contributed by atoms with Crippen molar-refractivity contribution in [1.82, 2.24) is 0 Å². The molecule has 1 aliphatic rings. The van der Waals surface area contributed by atoms with Crippen LogP contribution in [0.25, 0.3) is 0 Å². The molecule has 0 aromatic heterocycles. The summed E-state index contributed by atoms with van der Waals surface area (Å²) in [5, 5.41) is 9.50. The van der Waals surface area contributed by atoms with Gasteiger partial charge in [-0.25, -0.2) is 0 Å². The van der Waals surface area contributed by atoms with Gasteiger partial charge in [0.1, 0.15) is 18.0 Å². The van der Waals surface area contributed by atoms with Crippen molar-refractivity contribution < 1.29 is 14.6 Å². The van der Waals surface area contributed by atoms with Crippen LogP contribution < -0.4 is 4.74 Å². The van der Waals surface area contributed by atoms with Crippen molar-refractivity contribution in [3.8, 4) is 5.75 Å². The minimum Gasteiger partial charge on any atom is -0.488 e. The van der Waals surface area contributed by atoms with Gasteiger partial charge < -0.3 is 14.6 Å². The van der Waals surface area contributed by atoms with Crippen molar-refractivity contribution in [2.24, 2.45) is 0 Å². The van der Waals surface area contributed by atoms with E-state index in [2.05, 4.69) is 32.9 Å². The van der Waals surface area contributed by atoms with Crippen molar-refractivity contribution in [2.45, 2.75) is 50.9 Å². The molecule has 3 heteroatoms. The molecule has 0 spiro atoms. The lowest BCUT2D eigenvalue weighted by molar-refractivity contribution is -0.149. The van der Waals surface area contributed by atoms with Crippen molar-refractivity contribution >= 4 is 0 Å². The summed E-state index contributed by atoms with van der Waals surface area (Å²) in [4.78, 5) is 0. The zero-order chi connectivity index (χ0) is 13.3. The van der Waals surface area contributed by atoms with Gasteiger partial charge in [0.15, 0.2) is 0 Å². The molecule has 1 N–H and O–H groups in total. The lowest BCUT2D eigenvalue weighted by Crippen LogP contribution is -2.54. The summed E-state index contributed by atoms with van der Waals surface area (Å²) in [6.07, 6.45) is 0.00567. The van der Waals surface area contributed by atoms with Crippen molar-refractivity contribution in [3.05, 3.63) is 29.8 Å². The first-order valence-corrected chi connectivity index (χ1v) is 6.40. The second-order valence-electron chi connectivity index (χ2n) is 5.93. The predicted octanol–water partition coefficient (Wildman–Crippen LogP) is 2.51. The van der Waals surface area contributed by atoms with E-state index < -0.39 is 6.10 Å². The fourth-order valence-corrected chi connectivity index (χ4v) is 2.19. The van der Waals surface area contributed by atoms with Gasteiger partial charge in [0.2, 0.25) is 0 Å². The number of methoxy groups -OCH3 is 1. The Kier molecular flexibility index (Phi) is 3.64. The third kappa shape index (κ3) is 2.68. The van der Waals surface area contributed by atoms with E-state index in [1.165, 1.54) is 5.56 Å². The standard InChI is InChI=1S/C15H22O3/c1-15(2,3)10-5-7-11(8-6-10)18-13-9-12(16)14(13)17-4/h5-8,12-14,16H,9H2,1-4H3. The number of aliphatic hydroxyl groups excluding tert-OH is 1. The topological polar surface area (TPSA) is 38.7 Å². The molecular weight excluding hydrogens is 228 g/mol. The molecule has 1 aromatic rings. The molecule has 1 aromatic carbocycles. The molecule has 3 atom stereocenters. The normalized spacial score (nSPS) is 27.7. The summed E-state index contributed by atoms with van der Waals surface area (Å²) in [5.74, 6) is 0.835. The molecule has 18 heavy (non-hydrogen) atoms. The molecule has 0 saturated heterocycles. The van der Waals surface area contributed by atoms with Gasteiger partial charge in [-0.15, -0.1) is 0 Å². The van der Waals surface area contributed by atoms with Gasteiger partial charge in [-0.3, -0.25) is 0 Å². The van der Waals surface area contributed by atoms with E-state index in [1.54, 1.807) is 7.11 Å². The van der Waals surface area contributed by atoms with Gasteiger partial charge >= 0.3 is 0 Å². The molecule has 0 aliphatic heterocycles. The number of hydrogen-bond donors (Lipinski definition) is 1. The number of rotatable bonds is 3. The van der Waals surface area contributed by atoms with Crippen LogP contribution in [-0.4, -0.2) is 30.5 Å². The Balaban J connectivity index is 1.99. The summed E-state index contributed by atoms with van der Waals surface area (Å²) in [7, 11) is 1.60. The van der Waals surface area contributed by atoms with Gasteiger partial charge in [0.05, 0.1) is 6.10 Å². The highest BCUT2D eigenvalue weighted by Crippen LogP contribution is 2.30. The highest BCUT2D eigenvalue weighted by molar-refractivity contribution is 5.31. The van der Waals surface area contributed by atoms with Crippen LogP contribution in [0, 0.1) is 0 Å². The first-order valence-electron chi connectivity index (χ1n) is 6.40. The van der Waals surface area contributed by atoms with Crippen LogP contribution in [0.15, 0.2) is 24.3 Å². The van der Waals surface area contributed by atoms with Crippen LogP contribution in [0.4, 0.5) is 0 Å². The molecule has 2 rings (SSSR count). The lowest BCUT2D eigenvalue weighted by Gasteiger charge is -2.40. The molecule has 1 saturated carbocycles. The summed E-state index contributed by atoms with van der Waals surface area (Å²) in [5.41, 5.74) is 1.44. The molecule has 3 nitrogen and oxygen atoms in total. The van der Waals surface area contributed by atoms with Gasteiger partial charge in [-0.1, -0.05) is 32.9 Å². The third-order valence-electron chi connectivity index (χ3n) is 3.50. The molecule has 1 fully saturated rings. The average molecular weight is 250 g/mol. The molecule has 0 radical (unpaired) electrons. The smallest absolute Gasteiger partial charge is 0.130 e. The van der Waals surface area contributed by atoms with E-state index in [0.29, 0.717) is 6.42 Å². The number of benzene rings is 1. The summed E-state index contributed by atoms with van der Waals surface area (Å²) in [6, 6.07) is 8.15. The van der Waals surface area contributed by atoms with Crippen LogP contribution in [0.2, 0.25) is 0 Å². The second-order valence-corrected chi connectivity index (χ2v) is 5.93. The van der Waals surface area contributed by atoms with Crippen molar-refractivity contribution in [1.29, 1.82) is 0 Å². The van der Waals surface area contributed by atoms with E-state index >= 15 is 0 Å². The first kappa shape index (κ1) is 13.4. The Morgan fingerprint density at radius 2 is 1.78 bits per heavy atom. The maximum Gasteiger partial charge on any atom is 0.130 e. The van der Waals surface area contributed by atoms with Gasteiger partial charge in [-0.05, 0) is 23.1 Å². The van der Waals surface area contributed by atoms with Crippen LogP contribution in [-0.2, 0) is 10.2 Å². The van der Waals surface area contributed by atoms with Gasteiger partial charge in [0, 0.05) is 13.5 Å². The van der Waals surface area contributed by atoms with E-state index in [9.17, 15) is 5.11 Å². The third-order valence-corrected chi connectivity index (χ3v) is 3.50. The predicted molar refractivity (Wildman–Crippen MR) is 71.0 cm³/mol. The largest absolute Gasteiger partial charge is 0.488 e. The first-order chi connectivity index (χ1) is 8.41. The zero-order valence-electron chi connectivity index (χ0n) is 11.5. The number of hydrogen-bond acceptors (Lipinski definition) is 3. The number of aliphatic hydroxyl groups is 1. The molecular formula is C15H22O3. The van der Waals surface area contributed by atoms with Crippen LogP contribution in [0.3, 0.4) is 0 Å². The minimum absolute atomic E-state index is 0.0366. The Morgan fingerprint density at radius 1 is 1.17 bits per heavy atom. The zero-order valence-corrected chi connectivity index (χ0v) is 11.5.